The van der Waals surface area contributed by atoms with Crippen LogP contribution < -0.4 is 10.5 Å². The maximum atomic E-state index is 8.86. The van der Waals surface area contributed by atoms with E-state index in [0.717, 1.165) is 11.1 Å². The first-order valence-corrected chi connectivity index (χ1v) is 6.21. The molecule has 20 heavy (non-hydrogen) atoms. The summed E-state index contributed by atoms with van der Waals surface area (Å²) in [6.07, 6.45) is 1.62. The average molecular weight is 271 g/mol. The van der Waals surface area contributed by atoms with Gasteiger partial charge in [-0.15, -0.1) is 0 Å². The van der Waals surface area contributed by atoms with Crippen molar-refractivity contribution in [3.05, 3.63) is 52.7 Å². The molecule has 1 aromatic heterocycles. The molecule has 0 aliphatic carbocycles. The molecule has 5 nitrogen and oxygen atoms in total. The molecular weight excluding hydrogens is 254 g/mol. The number of nitrogens with two attached hydrogens (primary N) is 1. The minimum Gasteiger partial charge on any atom is -0.438 e. The average Bonchev–Trinajstić information content (AvgIpc) is 2.42. The van der Waals surface area contributed by atoms with E-state index in [1.165, 1.54) is 5.56 Å². The summed E-state index contributed by atoms with van der Waals surface area (Å²) in [6, 6.07) is 7.54. The second kappa shape index (κ2) is 5.61. The molecule has 0 amide bonds. The van der Waals surface area contributed by atoms with Crippen molar-refractivity contribution in [3.8, 4) is 11.6 Å². The Bertz CT molecular complexity index is 666. The molecule has 104 valence electrons. The number of aromatic nitrogens is 1. The van der Waals surface area contributed by atoms with E-state index >= 15 is 0 Å². The largest absolute Gasteiger partial charge is 0.438 e. The Balaban J connectivity index is 2.43. The first kappa shape index (κ1) is 13.9. The Hall–Kier alpha value is -2.56. The number of oxime groups is 1. The number of nitrogens with zero attached hydrogens (tertiary/aromatic N) is 2. The predicted molar refractivity (Wildman–Crippen MR) is 77.5 cm³/mol. The van der Waals surface area contributed by atoms with Gasteiger partial charge < -0.3 is 15.7 Å². The summed E-state index contributed by atoms with van der Waals surface area (Å²) >= 11 is 0. The second-order valence-corrected chi connectivity index (χ2v) is 4.64. The Morgan fingerprint density at radius 3 is 2.55 bits per heavy atom. The van der Waals surface area contributed by atoms with Crippen molar-refractivity contribution >= 4 is 5.84 Å². The van der Waals surface area contributed by atoms with Gasteiger partial charge in [-0.2, -0.15) is 0 Å². The molecule has 0 radical (unpaired) electrons. The van der Waals surface area contributed by atoms with Gasteiger partial charge in [-0.1, -0.05) is 11.2 Å². The van der Waals surface area contributed by atoms with E-state index < -0.39 is 0 Å². The van der Waals surface area contributed by atoms with Crippen LogP contribution in [0.5, 0.6) is 11.6 Å². The number of rotatable bonds is 3. The van der Waals surface area contributed by atoms with Gasteiger partial charge in [0.1, 0.15) is 5.75 Å². The third kappa shape index (κ3) is 2.71. The van der Waals surface area contributed by atoms with Crippen LogP contribution in [0.1, 0.15) is 22.3 Å². The van der Waals surface area contributed by atoms with Crippen molar-refractivity contribution in [2.75, 3.05) is 0 Å². The quantitative estimate of drug-likeness (QED) is 0.389. The predicted octanol–water partition coefficient (Wildman–Crippen LogP) is 2.89. The molecule has 1 aromatic carbocycles. The minimum absolute atomic E-state index is 0.0190. The highest BCUT2D eigenvalue weighted by Crippen LogP contribution is 2.26. The van der Waals surface area contributed by atoms with Gasteiger partial charge in [0.2, 0.25) is 5.88 Å². The van der Waals surface area contributed by atoms with Gasteiger partial charge in [0.15, 0.2) is 5.84 Å². The molecule has 0 atom stereocenters. The Morgan fingerprint density at radius 1 is 1.15 bits per heavy atom. The summed E-state index contributed by atoms with van der Waals surface area (Å²) in [4.78, 5) is 4.16. The number of hydrogen-bond acceptors (Lipinski definition) is 4. The molecule has 5 heteroatoms. The summed E-state index contributed by atoms with van der Waals surface area (Å²) in [6.45, 7) is 5.89. The van der Waals surface area contributed by atoms with Crippen LogP contribution in [-0.2, 0) is 0 Å². The van der Waals surface area contributed by atoms with Crippen LogP contribution in [0.3, 0.4) is 0 Å². The zero-order chi connectivity index (χ0) is 14.7. The molecule has 0 saturated carbocycles. The molecule has 0 aliphatic heterocycles. The zero-order valence-corrected chi connectivity index (χ0v) is 11.7. The van der Waals surface area contributed by atoms with Crippen molar-refractivity contribution in [1.29, 1.82) is 0 Å². The van der Waals surface area contributed by atoms with Gasteiger partial charge >= 0.3 is 0 Å². The van der Waals surface area contributed by atoms with E-state index in [-0.39, 0.29) is 5.84 Å². The fourth-order valence-electron chi connectivity index (χ4n) is 1.86. The summed E-state index contributed by atoms with van der Waals surface area (Å²) in [7, 11) is 0. The highest BCUT2D eigenvalue weighted by molar-refractivity contribution is 6.00. The maximum Gasteiger partial charge on any atom is 0.230 e. The fraction of sp³-hybridized carbons (Fsp3) is 0.200. The Labute approximate surface area is 117 Å². The Kier molecular flexibility index (Phi) is 3.89. The topological polar surface area (TPSA) is 80.7 Å². The van der Waals surface area contributed by atoms with Gasteiger partial charge in [0.25, 0.3) is 0 Å². The van der Waals surface area contributed by atoms with Crippen LogP contribution in [0, 0.1) is 20.8 Å². The van der Waals surface area contributed by atoms with Crippen LogP contribution >= 0.6 is 0 Å². The van der Waals surface area contributed by atoms with Crippen LogP contribution in [0.2, 0.25) is 0 Å². The molecule has 0 unspecified atom stereocenters. The molecule has 2 aromatic rings. The van der Waals surface area contributed by atoms with E-state index in [0.29, 0.717) is 17.2 Å². The van der Waals surface area contributed by atoms with Crippen molar-refractivity contribution in [2.45, 2.75) is 20.8 Å². The standard InChI is InChI=1S/C15H17N3O2/c1-9-4-5-12(8-11(9)3)20-15-13(14(16)18-19)10(2)6-7-17-15/h4-8,19H,1-3H3,(H2,16,18). The van der Waals surface area contributed by atoms with Crippen molar-refractivity contribution in [1.82, 2.24) is 4.98 Å². The molecule has 0 spiro atoms. The van der Waals surface area contributed by atoms with Crippen molar-refractivity contribution < 1.29 is 9.94 Å². The fourth-order valence-corrected chi connectivity index (χ4v) is 1.86. The van der Waals surface area contributed by atoms with Gasteiger partial charge in [-0.05, 0) is 55.7 Å². The number of amidine groups is 1. The molecule has 0 fully saturated rings. The lowest BCUT2D eigenvalue weighted by atomic mass is 10.1. The molecule has 0 aliphatic rings. The molecular formula is C15H17N3O2. The van der Waals surface area contributed by atoms with Gasteiger partial charge in [-0.3, -0.25) is 0 Å². The lowest BCUT2D eigenvalue weighted by Gasteiger charge is -2.12. The van der Waals surface area contributed by atoms with E-state index in [9.17, 15) is 0 Å². The van der Waals surface area contributed by atoms with E-state index in [2.05, 4.69) is 10.1 Å². The van der Waals surface area contributed by atoms with Gasteiger partial charge in [0, 0.05) is 6.20 Å². The third-order valence-corrected chi connectivity index (χ3v) is 3.18. The highest BCUT2D eigenvalue weighted by Gasteiger charge is 2.14. The molecule has 3 N–H and O–H groups in total. The summed E-state index contributed by atoms with van der Waals surface area (Å²) in [5.74, 6) is 0.969. The maximum absolute atomic E-state index is 8.86. The second-order valence-electron chi connectivity index (χ2n) is 4.64. The van der Waals surface area contributed by atoms with E-state index in [1.807, 2.05) is 39.0 Å². The highest BCUT2D eigenvalue weighted by atomic mass is 16.5. The monoisotopic (exact) mass is 271 g/mol. The molecule has 1 heterocycles. The summed E-state index contributed by atoms with van der Waals surface area (Å²) in [5.41, 5.74) is 9.32. The molecule has 0 bridgehead atoms. The van der Waals surface area contributed by atoms with E-state index in [1.54, 1.807) is 12.3 Å². The summed E-state index contributed by atoms with van der Waals surface area (Å²) in [5, 5.41) is 11.9. The third-order valence-electron chi connectivity index (χ3n) is 3.18. The molecule has 0 saturated heterocycles. The first-order valence-electron chi connectivity index (χ1n) is 6.21. The normalized spacial score (nSPS) is 11.4. The number of benzene rings is 1. The van der Waals surface area contributed by atoms with Gasteiger partial charge in [0.05, 0.1) is 5.56 Å². The lowest BCUT2D eigenvalue weighted by Crippen LogP contribution is -2.16. The minimum atomic E-state index is -0.0190. The van der Waals surface area contributed by atoms with Crippen LogP contribution in [0.4, 0.5) is 0 Å². The number of ether oxygens (including phenoxy) is 1. The summed E-state index contributed by atoms with van der Waals surface area (Å²) < 4.78 is 5.77. The van der Waals surface area contributed by atoms with Crippen LogP contribution in [0.25, 0.3) is 0 Å². The van der Waals surface area contributed by atoms with Crippen LogP contribution in [0.15, 0.2) is 35.6 Å². The zero-order valence-electron chi connectivity index (χ0n) is 11.7. The number of hydrogen-bond donors (Lipinski definition) is 2. The van der Waals surface area contributed by atoms with Crippen molar-refractivity contribution in [2.24, 2.45) is 10.9 Å². The van der Waals surface area contributed by atoms with Crippen LogP contribution in [-0.4, -0.2) is 16.0 Å². The SMILES string of the molecule is Cc1ccc(Oc2nccc(C)c2/C(N)=N/O)cc1C. The van der Waals surface area contributed by atoms with Crippen molar-refractivity contribution in [3.63, 3.8) is 0 Å². The lowest BCUT2D eigenvalue weighted by molar-refractivity contribution is 0.318. The first-order chi connectivity index (χ1) is 9.52. The Morgan fingerprint density at radius 2 is 1.90 bits per heavy atom. The molecule has 2 rings (SSSR count). The number of aryl methyl sites for hydroxylation is 3. The number of pyridine rings is 1. The van der Waals surface area contributed by atoms with E-state index in [4.69, 9.17) is 15.7 Å². The van der Waals surface area contributed by atoms with Gasteiger partial charge in [-0.25, -0.2) is 4.98 Å². The smallest absolute Gasteiger partial charge is 0.230 e.